The van der Waals surface area contributed by atoms with Crippen LogP contribution in [0, 0.1) is 13.8 Å². The molecule has 88 valence electrons. The minimum atomic E-state index is -0.0775. The molecule has 0 fully saturated rings. The number of hydrogen-bond donors (Lipinski definition) is 0. The molecule has 0 spiro atoms. The maximum atomic E-state index is 12.1. The van der Waals surface area contributed by atoms with Crippen molar-refractivity contribution in [3.63, 3.8) is 0 Å². The Balaban J connectivity index is 2.47. The Morgan fingerprint density at radius 1 is 1.24 bits per heavy atom. The summed E-state index contributed by atoms with van der Waals surface area (Å²) >= 11 is 5.87. The zero-order valence-electron chi connectivity index (χ0n) is 9.77. The van der Waals surface area contributed by atoms with Crippen LogP contribution in [-0.2, 0) is 6.54 Å². The van der Waals surface area contributed by atoms with Crippen molar-refractivity contribution in [3.05, 3.63) is 62.8 Å². The lowest BCUT2D eigenvalue weighted by atomic mass is 10.2. The summed E-state index contributed by atoms with van der Waals surface area (Å²) in [4.78, 5) is 16.2. The summed E-state index contributed by atoms with van der Waals surface area (Å²) in [5, 5.41) is 0.289. The Bertz CT molecular complexity index is 590. The van der Waals surface area contributed by atoms with Gasteiger partial charge in [-0.3, -0.25) is 9.36 Å². The maximum Gasteiger partial charge on any atom is 0.258 e. The Morgan fingerprint density at radius 2 is 1.88 bits per heavy atom. The van der Waals surface area contributed by atoms with Gasteiger partial charge in [-0.05, 0) is 19.4 Å². The summed E-state index contributed by atoms with van der Waals surface area (Å²) in [6.45, 7) is 4.00. The first kappa shape index (κ1) is 11.9. The maximum absolute atomic E-state index is 12.1. The minimum absolute atomic E-state index is 0.0775. The van der Waals surface area contributed by atoms with Gasteiger partial charge in [-0.25, -0.2) is 4.98 Å². The molecule has 1 aromatic carbocycles. The summed E-state index contributed by atoms with van der Waals surface area (Å²) in [7, 11) is 0. The highest BCUT2D eigenvalue weighted by Gasteiger charge is 2.09. The number of halogens is 1. The lowest BCUT2D eigenvalue weighted by Crippen LogP contribution is -2.26. The molecular formula is C13H13ClN2O. The second kappa shape index (κ2) is 4.72. The summed E-state index contributed by atoms with van der Waals surface area (Å²) in [6.07, 6.45) is 0. The lowest BCUT2D eigenvalue weighted by molar-refractivity contribution is 0.693. The highest BCUT2D eigenvalue weighted by atomic mass is 35.5. The summed E-state index contributed by atoms with van der Waals surface area (Å²) < 4.78 is 1.64. The molecule has 0 saturated heterocycles. The average Bonchev–Trinajstić information content (AvgIpc) is 2.33. The molecule has 1 aromatic heterocycles. The highest BCUT2D eigenvalue weighted by Crippen LogP contribution is 2.09. The van der Waals surface area contributed by atoms with E-state index in [-0.39, 0.29) is 10.7 Å². The molecule has 0 atom stereocenters. The number of aryl methyl sites for hydroxylation is 1. The zero-order valence-corrected chi connectivity index (χ0v) is 10.5. The zero-order chi connectivity index (χ0) is 12.4. The van der Waals surface area contributed by atoms with E-state index in [1.807, 2.05) is 30.3 Å². The van der Waals surface area contributed by atoms with Gasteiger partial charge in [0.1, 0.15) is 11.0 Å². The van der Waals surface area contributed by atoms with Crippen molar-refractivity contribution in [1.82, 2.24) is 9.55 Å². The van der Waals surface area contributed by atoms with Crippen molar-refractivity contribution in [2.24, 2.45) is 0 Å². The van der Waals surface area contributed by atoms with Gasteiger partial charge >= 0.3 is 0 Å². The summed E-state index contributed by atoms with van der Waals surface area (Å²) in [6, 6.07) is 9.81. The molecule has 0 bridgehead atoms. The van der Waals surface area contributed by atoms with E-state index in [4.69, 9.17) is 11.6 Å². The third kappa shape index (κ3) is 2.39. The van der Waals surface area contributed by atoms with Crippen LogP contribution in [0.25, 0.3) is 0 Å². The van der Waals surface area contributed by atoms with Gasteiger partial charge in [-0.2, -0.15) is 0 Å². The Morgan fingerprint density at radius 3 is 2.53 bits per heavy atom. The van der Waals surface area contributed by atoms with E-state index >= 15 is 0 Å². The lowest BCUT2D eigenvalue weighted by Gasteiger charge is -2.10. The molecule has 2 aromatic rings. The number of benzene rings is 1. The van der Waals surface area contributed by atoms with E-state index in [1.54, 1.807) is 18.4 Å². The van der Waals surface area contributed by atoms with E-state index in [9.17, 15) is 4.79 Å². The predicted molar refractivity (Wildman–Crippen MR) is 68.5 cm³/mol. The van der Waals surface area contributed by atoms with Gasteiger partial charge in [0, 0.05) is 0 Å². The highest BCUT2D eigenvalue weighted by molar-refractivity contribution is 6.30. The van der Waals surface area contributed by atoms with Crippen LogP contribution in [0.4, 0.5) is 0 Å². The smallest absolute Gasteiger partial charge is 0.258 e. The predicted octanol–water partition coefficient (Wildman–Crippen LogP) is 2.56. The van der Waals surface area contributed by atoms with E-state index in [2.05, 4.69) is 4.98 Å². The van der Waals surface area contributed by atoms with Crippen molar-refractivity contribution in [2.75, 3.05) is 0 Å². The van der Waals surface area contributed by atoms with Crippen LogP contribution in [0.15, 0.2) is 35.1 Å². The topological polar surface area (TPSA) is 34.9 Å². The number of nitrogens with zero attached hydrogens (tertiary/aromatic N) is 2. The first-order valence-electron chi connectivity index (χ1n) is 5.37. The normalized spacial score (nSPS) is 10.5. The van der Waals surface area contributed by atoms with Crippen molar-refractivity contribution in [3.8, 4) is 0 Å². The van der Waals surface area contributed by atoms with E-state index < -0.39 is 0 Å². The fourth-order valence-electron chi connectivity index (χ4n) is 1.68. The fraction of sp³-hybridized carbons (Fsp3) is 0.231. The van der Waals surface area contributed by atoms with E-state index in [1.165, 1.54) is 0 Å². The molecule has 1 heterocycles. The molecule has 0 aliphatic heterocycles. The molecule has 0 N–H and O–H groups in total. The molecule has 3 nitrogen and oxygen atoms in total. The van der Waals surface area contributed by atoms with Gasteiger partial charge in [-0.1, -0.05) is 41.9 Å². The first-order chi connectivity index (χ1) is 8.09. The van der Waals surface area contributed by atoms with Gasteiger partial charge in [0.2, 0.25) is 0 Å². The molecule has 0 aliphatic carbocycles. The van der Waals surface area contributed by atoms with Crippen LogP contribution in [0.2, 0.25) is 5.15 Å². The van der Waals surface area contributed by atoms with Crippen LogP contribution >= 0.6 is 11.6 Å². The van der Waals surface area contributed by atoms with Crippen LogP contribution in [0.1, 0.15) is 17.0 Å². The monoisotopic (exact) mass is 248 g/mol. The van der Waals surface area contributed by atoms with Crippen LogP contribution in [0.5, 0.6) is 0 Å². The quantitative estimate of drug-likeness (QED) is 0.766. The standard InChI is InChI=1S/C13H13ClN2O/c1-9-12(14)15-10(2)16(13(9)17)8-11-6-4-3-5-7-11/h3-7H,8H2,1-2H3. The van der Waals surface area contributed by atoms with Crippen LogP contribution in [0.3, 0.4) is 0 Å². The van der Waals surface area contributed by atoms with Gasteiger partial charge in [-0.15, -0.1) is 0 Å². The van der Waals surface area contributed by atoms with Crippen molar-refractivity contribution in [2.45, 2.75) is 20.4 Å². The van der Waals surface area contributed by atoms with Gasteiger partial charge in [0.05, 0.1) is 12.1 Å². The molecule has 0 unspecified atom stereocenters. The largest absolute Gasteiger partial charge is 0.292 e. The van der Waals surface area contributed by atoms with Gasteiger partial charge in [0.15, 0.2) is 0 Å². The third-order valence-electron chi connectivity index (χ3n) is 2.71. The number of rotatable bonds is 2. The molecule has 0 saturated carbocycles. The number of aromatic nitrogens is 2. The second-order valence-corrected chi connectivity index (χ2v) is 4.31. The van der Waals surface area contributed by atoms with Crippen molar-refractivity contribution < 1.29 is 0 Å². The molecule has 17 heavy (non-hydrogen) atoms. The molecule has 2 rings (SSSR count). The molecular weight excluding hydrogens is 236 g/mol. The van der Waals surface area contributed by atoms with Gasteiger partial charge in [0.25, 0.3) is 5.56 Å². The molecule has 0 aliphatic rings. The molecule has 4 heteroatoms. The Kier molecular flexibility index (Phi) is 3.29. The van der Waals surface area contributed by atoms with Crippen LogP contribution < -0.4 is 5.56 Å². The second-order valence-electron chi connectivity index (χ2n) is 3.95. The third-order valence-corrected chi connectivity index (χ3v) is 3.08. The van der Waals surface area contributed by atoms with Crippen molar-refractivity contribution >= 4 is 11.6 Å². The fourth-order valence-corrected chi connectivity index (χ4v) is 1.88. The van der Waals surface area contributed by atoms with Crippen LogP contribution in [-0.4, -0.2) is 9.55 Å². The summed E-state index contributed by atoms with van der Waals surface area (Å²) in [5.41, 5.74) is 1.49. The van der Waals surface area contributed by atoms with E-state index in [0.29, 0.717) is 17.9 Å². The first-order valence-corrected chi connectivity index (χ1v) is 5.75. The average molecular weight is 249 g/mol. The minimum Gasteiger partial charge on any atom is -0.292 e. The van der Waals surface area contributed by atoms with E-state index in [0.717, 1.165) is 5.56 Å². The Hall–Kier alpha value is -1.61. The van der Waals surface area contributed by atoms with Gasteiger partial charge < -0.3 is 0 Å². The Labute approximate surface area is 105 Å². The van der Waals surface area contributed by atoms with Crippen molar-refractivity contribution in [1.29, 1.82) is 0 Å². The summed E-state index contributed by atoms with van der Waals surface area (Å²) in [5.74, 6) is 0.634. The molecule has 0 amide bonds. The molecule has 0 radical (unpaired) electrons. The SMILES string of the molecule is Cc1c(Cl)nc(C)n(Cc2ccccc2)c1=O. The number of hydrogen-bond acceptors (Lipinski definition) is 2.